The fourth-order valence-corrected chi connectivity index (χ4v) is 7.51. The number of fused-ring (bicyclic) bond motifs is 6. The van der Waals surface area contributed by atoms with Crippen LogP contribution in [0, 0.1) is 0 Å². The minimum atomic E-state index is -0.0751. The first kappa shape index (κ1) is 27.5. The Morgan fingerprint density at radius 3 is 2.06 bits per heavy atom. The highest BCUT2D eigenvalue weighted by atomic mass is 15.0. The third kappa shape index (κ3) is 4.42. The van der Waals surface area contributed by atoms with Gasteiger partial charge in [0.05, 0.1) is 22.4 Å². The molecule has 2 heterocycles. The van der Waals surface area contributed by atoms with E-state index in [0.717, 1.165) is 39.6 Å². The van der Waals surface area contributed by atoms with Crippen molar-refractivity contribution in [2.24, 2.45) is 9.98 Å². The molecule has 3 heteroatoms. The third-order valence-corrected chi connectivity index (χ3v) is 9.87. The standard InChI is InChI=1S/C44H33N3/c1-44(2)37-22-11-9-20-33(37)35-27-36-34-21-10-12-23-41(34)47(42(36)28-38(35)44)32-19-13-18-31(26-32)40-25-24-39(29-14-5-3-6-15-29)45-43(46-40)30-16-7-4-8-17-30/h3-24,26-28H,25H2,1-2H3. The zero-order valence-electron chi connectivity index (χ0n) is 26.5. The number of rotatable bonds is 4. The van der Waals surface area contributed by atoms with Gasteiger partial charge < -0.3 is 4.57 Å². The highest BCUT2D eigenvalue weighted by molar-refractivity contribution is 6.16. The molecule has 0 unspecified atom stereocenters. The van der Waals surface area contributed by atoms with E-state index in [1.807, 2.05) is 24.3 Å². The highest BCUT2D eigenvalue weighted by Crippen LogP contribution is 2.50. The summed E-state index contributed by atoms with van der Waals surface area (Å²) in [5, 5.41) is 2.54. The number of allylic oxidation sites excluding steroid dienone is 1. The van der Waals surface area contributed by atoms with Crippen molar-refractivity contribution in [3.8, 4) is 16.8 Å². The number of aromatic nitrogens is 1. The summed E-state index contributed by atoms with van der Waals surface area (Å²) in [4.78, 5) is 10.3. The Bertz CT molecular complexity index is 2440. The van der Waals surface area contributed by atoms with Gasteiger partial charge in [-0.3, -0.25) is 0 Å². The first-order valence-corrected chi connectivity index (χ1v) is 16.3. The summed E-state index contributed by atoms with van der Waals surface area (Å²) >= 11 is 0. The molecule has 1 aliphatic heterocycles. The maximum atomic E-state index is 5.23. The molecule has 0 N–H and O–H groups in total. The largest absolute Gasteiger partial charge is 0.309 e. The molecule has 0 saturated heterocycles. The maximum Gasteiger partial charge on any atom is 0.160 e. The topological polar surface area (TPSA) is 29.6 Å². The van der Waals surface area contributed by atoms with E-state index >= 15 is 0 Å². The van der Waals surface area contributed by atoms with Crippen molar-refractivity contribution >= 4 is 39.1 Å². The molecule has 0 amide bonds. The average molecular weight is 604 g/mol. The van der Waals surface area contributed by atoms with Crippen molar-refractivity contribution < 1.29 is 0 Å². The predicted molar refractivity (Wildman–Crippen MR) is 197 cm³/mol. The van der Waals surface area contributed by atoms with Gasteiger partial charge in [-0.2, -0.15) is 0 Å². The minimum absolute atomic E-state index is 0.0751. The Balaban J connectivity index is 1.22. The fourth-order valence-electron chi connectivity index (χ4n) is 7.51. The molecule has 224 valence electrons. The molecule has 2 aliphatic rings. The molecule has 0 spiro atoms. The molecule has 0 atom stereocenters. The summed E-state index contributed by atoms with van der Waals surface area (Å²) in [5.41, 5.74) is 14.1. The first-order valence-electron chi connectivity index (χ1n) is 16.3. The lowest BCUT2D eigenvalue weighted by Crippen LogP contribution is -2.15. The molecule has 7 aromatic rings. The van der Waals surface area contributed by atoms with Crippen LogP contribution >= 0.6 is 0 Å². The Morgan fingerprint density at radius 2 is 1.23 bits per heavy atom. The van der Waals surface area contributed by atoms with Crippen LogP contribution in [0.5, 0.6) is 0 Å². The number of nitrogens with zero attached hydrogens (tertiary/aromatic N) is 3. The van der Waals surface area contributed by atoms with E-state index in [-0.39, 0.29) is 5.41 Å². The number of para-hydroxylation sites is 1. The Hall–Kier alpha value is -5.80. The van der Waals surface area contributed by atoms with Crippen molar-refractivity contribution in [3.63, 3.8) is 0 Å². The fraction of sp³-hybridized carbons (Fsp3) is 0.0909. The van der Waals surface area contributed by atoms with Crippen molar-refractivity contribution in [3.05, 3.63) is 179 Å². The molecular weight excluding hydrogens is 571 g/mol. The number of hydrogen-bond donors (Lipinski definition) is 0. The van der Waals surface area contributed by atoms with Crippen molar-refractivity contribution in [1.29, 1.82) is 0 Å². The molecular formula is C44H33N3. The van der Waals surface area contributed by atoms with E-state index in [9.17, 15) is 0 Å². The number of amidine groups is 1. The van der Waals surface area contributed by atoms with Gasteiger partial charge in [-0.25, -0.2) is 9.98 Å². The average Bonchev–Trinajstić information content (AvgIpc) is 3.43. The molecule has 1 aromatic heterocycles. The predicted octanol–water partition coefficient (Wildman–Crippen LogP) is 10.8. The normalized spacial score (nSPS) is 15.1. The van der Waals surface area contributed by atoms with Crippen molar-refractivity contribution in [1.82, 2.24) is 4.57 Å². The molecule has 9 rings (SSSR count). The van der Waals surface area contributed by atoms with E-state index < -0.39 is 0 Å². The zero-order valence-corrected chi connectivity index (χ0v) is 26.5. The van der Waals surface area contributed by atoms with Gasteiger partial charge in [-0.1, -0.05) is 135 Å². The van der Waals surface area contributed by atoms with Gasteiger partial charge in [0.1, 0.15) is 0 Å². The van der Waals surface area contributed by atoms with Crippen LogP contribution in [0.3, 0.4) is 0 Å². The van der Waals surface area contributed by atoms with Crippen LogP contribution in [0.2, 0.25) is 0 Å². The lowest BCUT2D eigenvalue weighted by molar-refractivity contribution is 0.661. The number of aliphatic imine (C=N–C) groups is 2. The molecule has 0 radical (unpaired) electrons. The molecule has 47 heavy (non-hydrogen) atoms. The molecule has 3 nitrogen and oxygen atoms in total. The van der Waals surface area contributed by atoms with Gasteiger partial charge in [0, 0.05) is 33.9 Å². The summed E-state index contributed by atoms with van der Waals surface area (Å²) in [6, 6.07) is 52.1. The minimum Gasteiger partial charge on any atom is -0.309 e. The molecule has 0 saturated carbocycles. The van der Waals surface area contributed by atoms with Gasteiger partial charge in [-0.15, -0.1) is 0 Å². The summed E-state index contributed by atoms with van der Waals surface area (Å²) in [6.45, 7) is 4.70. The van der Waals surface area contributed by atoms with Crippen molar-refractivity contribution in [2.75, 3.05) is 0 Å². The molecule has 1 aliphatic carbocycles. The maximum absolute atomic E-state index is 5.23. The Kier molecular flexibility index (Phi) is 6.23. The first-order chi connectivity index (χ1) is 23.1. The molecule has 6 aromatic carbocycles. The van der Waals surface area contributed by atoms with Crippen LogP contribution in [0.15, 0.2) is 162 Å². The van der Waals surface area contributed by atoms with Gasteiger partial charge in [-0.05, 0) is 63.7 Å². The molecule has 0 bridgehead atoms. The second-order valence-corrected chi connectivity index (χ2v) is 13.0. The van der Waals surface area contributed by atoms with Gasteiger partial charge in [0.25, 0.3) is 0 Å². The SMILES string of the molecule is CC1(C)c2ccccc2-c2cc3c4ccccc4n(-c4cccc(C5=NC(c6ccccc6)=NC(c6ccccc6)=CC5)c4)c3cc21. The Labute approximate surface area is 274 Å². The monoisotopic (exact) mass is 603 g/mol. The van der Waals surface area contributed by atoms with Crippen molar-refractivity contribution in [2.45, 2.75) is 25.7 Å². The second-order valence-electron chi connectivity index (χ2n) is 13.0. The van der Waals surface area contributed by atoms with Crippen LogP contribution in [0.1, 0.15) is 48.1 Å². The van der Waals surface area contributed by atoms with Crippen LogP contribution in [0.25, 0.3) is 44.3 Å². The lowest BCUT2D eigenvalue weighted by atomic mass is 9.82. The highest BCUT2D eigenvalue weighted by Gasteiger charge is 2.36. The van der Waals surface area contributed by atoms with E-state index in [1.165, 1.54) is 44.1 Å². The van der Waals surface area contributed by atoms with Gasteiger partial charge in [0.2, 0.25) is 0 Å². The van der Waals surface area contributed by atoms with E-state index in [1.54, 1.807) is 0 Å². The van der Waals surface area contributed by atoms with Crippen LogP contribution in [-0.4, -0.2) is 16.1 Å². The van der Waals surface area contributed by atoms with Crippen LogP contribution in [-0.2, 0) is 5.41 Å². The zero-order chi connectivity index (χ0) is 31.5. The van der Waals surface area contributed by atoms with Crippen LogP contribution < -0.4 is 0 Å². The smallest absolute Gasteiger partial charge is 0.160 e. The number of benzene rings is 6. The van der Waals surface area contributed by atoms with E-state index in [4.69, 9.17) is 9.98 Å². The summed E-state index contributed by atoms with van der Waals surface area (Å²) in [6.07, 6.45) is 2.89. The lowest BCUT2D eigenvalue weighted by Gasteiger charge is -2.21. The quantitative estimate of drug-likeness (QED) is 0.192. The Morgan fingerprint density at radius 1 is 0.532 bits per heavy atom. The van der Waals surface area contributed by atoms with Crippen LogP contribution in [0.4, 0.5) is 0 Å². The summed E-state index contributed by atoms with van der Waals surface area (Å²) in [5.74, 6) is 0.729. The van der Waals surface area contributed by atoms with E-state index in [0.29, 0.717) is 6.42 Å². The van der Waals surface area contributed by atoms with E-state index in [2.05, 4.69) is 146 Å². The summed E-state index contributed by atoms with van der Waals surface area (Å²) in [7, 11) is 0. The molecule has 0 fully saturated rings. The van der Waals surface area contributed by atoms with Gasteiger partial charge >= 0.3 is 0 Å². The number of hydrogen-bond acceptors (Lipinski definition) is 2. The third-order valence-electron chi connectivity index (χ3n) is 9.87. The van der Waals surface area contributed by atoms with Gasteiger partial charge in [0.15, 0.2) is 5.84 Å². The second kappa shape index (κ2) is 10.6. The summed E-state index contributed by atoms with van der Waals surface area (Å²) < 4.78 is 2.43.